The highest BCUT2D eigenvalue weighted by molar-refractivity contribution is 7.74. The maximum Gasteiger partial charge on any atom is 0.314 e. The van der Waals surface area contributed by atoms with Gasteiger partial charge >= 0.3 is 5.97 Å². The number of esters is 1. The summed E-state index contributed by atoms with van der Waals surface area (Å²) in [5.41, 5.74) is -0.726. The third-order valence-electron chi connectivity index (χ3n) is 2.47. The molecule has 0 aromatic carbocycles. The van der Waals surface area contributed by atoms with Crippen molar-refractivity contribution >= 4 is 17.3 Å². The fourth-order valence-corrected chi connectivity index (χ4v) is 1.82. The molecule has 0 spiro atoms. The Morgan fingerprint density at radius 3 is 2.57 bits per heavy atom. The Kier molecular flexibility index (Phi) is 3.63. The third kappa shape index (κ3) is 2.31. The van der Waals surface area contributed by atoms with Crippen LogP contribution in [0.4, 0.5) is 0 Å². The highest BCUT2D eigenvalue weighted by atomic mass is 32.2. The van der Waals surface area contributed by atoms with E-state index in [-0.39, 0.29) is 5.97 Å². The molecule has 1 aliphatic carbocycles. The fraction of sp³-hybridized carbons (Fsp3) is 0.875. The molecule has 5 nitrogen and oxygen atoms in total. The van der Waals surface area contributed by atoms with E-state index >= 15 is 0 Å². The number of rotatable bonds is 5. The van der Waals surface area contributed by atoms with Crippen molar-refractivity contribution in [2.45, 2.75) is 32.8 Å². The molecule has 0 saturated heterocycles. The molecular formula is C8H13O5S-. The molecule has 0 bridgehead atoms. The quantitative estimate of drug-likeness (QED) is 0.500. The van der Waals surface area contributed by atoms with E-state index in [1.807, 2.05) is 0 Å². The molecule has 1 saturated carbocycles. The van der Waals surface area contributed by atoms with Gasteiger partial charge in [0, 0.05) is 0 Å². The summed E-state index contributed by atoms with van der Waals surface area (Å²) < 4.78 is 30.0. The van der Waals surface area contributed by atoms with Crippen LogP contribution in [0, 0.1) is 5.41 Å². The van der Waals surface area contributed by atoms with Crippen LogP contribution in [0.2, 0.25) is 0 Å². The molecule has 14 heavy (non-hydrogen) atoms. The normalized spacial score (nSPS) is 22.5. The van der Waals surface area contributed by atoms with Gasteiger partial charge in [0.15, 0.2) is 0 Å². The largest absolute Gasteiger partial charge is 0.750 e. The Balaban J connectivity index is 2.56. The van der Waals surface area contributed by atoms with Crippen molar-refractivity contribution in [3.8, 4) is 0 Å². The van der Waals surface area contributed by atoms with Gasteiger partial charge in [-0.05, 0) is 26.7 Å². The Labute approximate surface area is 85.3 Å². The maximum absolute atomic E-state index is 11.4. The number of carbonyl (C=O) groups is 1. The van der Waals surface area contributed by atoms with E-state index in [9.17, 15) is 13.6 Å². The standard InChI is InChI=1S/C8H14O5S/c1-3-12-7(9)8(4-5-8)6(2)13-14(10)11/h6H,3-5H2,1-2H3,(H,10,11)/p-1. The molecule has 0 amide bonds. The first-order valence-corrected chi connectivity index (χ1v) is 5.46. The highest BCUT2D eigenvalue weighted by Crippen LogP contribution is 2.51. The van der Waals surface area contributed by atoms with E-state index in [0.717, 1.165) is 0 Å². The van der Waals surface area contributed by atoms with Crippen LogP contribution in [0.5, 0.6) is 0 Å². The third-order valence-corrected chi connectivity index (χ3v) is 2.92. The lowest BCUT2D eigenvalue weighted by molar-refractivity contribution is -0.153. The van der Waals surface area contributed by atoms with Crippen molar-refractivity contribution in [2.24, 2.45) is 5.41 Å². The number of hydrogen-bond acceptors (Lipinski definition) is 5. The molecule has 0 radical (unpaired) electrons. The predicted octanol–water partition coefficient (Wildman–Crippen LogP) is 0.529. The van der Waals surface area contributed by atoms with E-state index in [4.69, 9.17) is 4.74 Å². The van der Waals surface area contributed by atoms with Crippen molar-refractivity contribution in [3.05, 3.63) is 0 Å². The minimum Gasteiger partial charge on any atom is -0.750 e. The van der Waals surface area contributed by atoms with Crippen LogP contribution < -0.4 is 0 Å². The summed E-state index contributed by atoms with van der Waals surface area (Å²) in [4.78, 5) is 11.4. The first-order chi connectivity index (χ1) is 6.53. The molecule has 6 heteroatoms. The van der Waals surface area contributed by atoms with Crippen molar-refractivity contribution < 1.29 is 22.5 Å². The zero-order valence-electron chi connectivity index (χ0n) is 8.15. The van der Waals surface area contributed by atoms with E-state index in [2.05, 4.69) is 4.18 Å². The average molecular weight is 221 g/mol. The Hall–Kier alpha value is -0.460. The van der Waals surface area contributed by atoms with Crippen LogP contribution in [0.1, 0.15) is 26.7 Å². The van der Waals surface area contributed by atoms with E-state index < -0.39 is 22.9 Å². The molecule has 0 heterocycles. The van der Waals surface area contributed by atoms with Gasteiger partial charge in [0.2, 0.25) is 0 Å². The summed E-state index contributed by atoms with van der Waals surface area (Å²) in [5, 5.41) is 0. The summed E-state index contributed by atoms with van der Waals surface area (Å²) in [6.07, 6.45) is 0.619. The average Bonchev–Trinajstić information content (AvgIpc) is 2.83. The van der Waals surface area contributed by atoms with Crippen LogP contribution in [-0.4, -0.2) is 27.4 Å². The smallest absolute Gasteiger partial charge is 0.314 e. The van der Waals surface area contributed by atoms with Crippen molar-refractivity contribution in [3.63, 3.8) is 0 Å². The van der Waals surface area contributed by atoms with Gasteiger partial charge in [-0.15, -0.1) is 0 Å². The van der Waals surface area contributed by atoms with Gasteiger partial charge in [-0.25, -0.2) is 4.21 Å². The van der Waals surface area contributed by atoms with Crippen molar-refractivity contribution in [1.82, 2.24) is 0 Å². The molecule has 1 aliphatic rings. The van der Waals surface area contributed by atoms with Crippen LogP contribution in [0.25, 0.3) is 0 Å². The lowest BCUT2D eigenvalue weighted by atomic mass is 10.0. The Morgan fingerprint density at radius 1 is 1.64 bits per heavy atom. The Morgan fingerprint density at radius 2 is 2.21 bits per heavy atom. The second kappa shape index (κ2) is 4.37. The first-order valence-electron chi connectivity index (χ1n) is 4.46. The van der Waals surface area contributed by atoms with Crippen molar-refractivity contribution in [2.75, 3.05) is 6.61 Å². The van der Waals surface area contributed by atoms with Gasteiger partial charge in [0.25, 0.3) is 0 Å². The molecule has 1 fully saturated rings. The van der Waals surface area contributed by atoms with Gasteiger partial charge in [0.05, 0.1) is 29.5 Å². The lowest BCUT2D eigenvalue weighted by Gasteiger charge is -2.22. The van der Waals surface area contributed by atoms with Gasteiger partial charge in [0.1, 0.15) is 0 Å². The van der Waals surface area contributed by atoms with E-state index in [1.54, 1.807) is 13.8 Å². The zero-order chi connectivity index (χ0) is 10.8. The molecule has 2 atom stereocenters. The topological polar surface area (TPSA) is 75.7 Å². The molecule has 1 rings (SSSR count). The number of hydrogen-bond donors (Lipinski definition) is 0. The molecule has 0 aromatic heterocycles. The van der Waals surface area contributed by atoms with Crippen LogP contribution in [0.15, 0.2) is 0 Å². The number of carbonyl (C=O) groups excluding carboxylic acids is 1. The van der Waals surface area contributed by atoms with E-state index in [0.29, 0.717) is 19.4 Å². The summed E-state index contributed by atoms with van der Waals surface area (Å²) in [5.74, 6) is -0.363. The summed E-state index contributed by atoms with van der Waals surface area (Å²) >= 11 is -2.58. The van der Waals surface area contributed by atoms with Crippen LogP contribution >= 0.6 is 0 Å². The predicted molar refractivity (Wildman–Crippen MR) is 47.8 cm³/mol. The van der Waals surface area contributed by atoms with Gasteiger partial charge in [-0.1, -0.05) is 0 Å². The minimum absolute atomic E-state index is 0.299. The summed E-state index contributed by atoms with van der Waals surface area (Å²) in [6, 6.07) is 0. The van der Waals surface area contributed by atoms with E-state index in [1.165, 1.54) is 0 Å². The highest BCUT2D eigenvalue weighted by Gasteiger charge is 2.56. The maximum atomic E-state index is 11.4. The zero-order valence-corrected chi connectivity index (χ0v) is 8.96. The summed E-state index contributed by atoms with van der Waals surface area (Å²) in [7, 11) is 0. The summed E-state index contributed by atoms with van der Waals surface area (Å²) in [6.45, 7) is 3.58. The molecule has 0 aliphatic heterocycles. The monoisotopic (exact) mass is 221 g/mol. The molecule has 2 unspecified atom stereocenters. The lowest BCUT2D eigenvalue weighted by Crippen LogP contribution is -2.32. The Bertz CT molecular complexity index is 248. The SMILES string of the molecule is CCOC(=O)C1(C(C)OS(=O)[O-])CC1. The molecular weight excluding hydrogens is 208 g/mol. The fourth-order valence-electron chi connectivity index (χ4n) is 1.40. The van der Waals surface area contributed by atoms with Gasteiger partial charge in [-0.3, -0.25) is 8.98 Å². The minimum atomic E-state index is -2.58. The second-order valence-corrected chi connectivity index (χ2v) is 3.92. The number of ether oxygens (including phenoxy) is 1. The molecule has 82 valence electrons. The van der Waals surface area contributed by atoms with Gasteiger partial charge < -0.3 is 9.29 Å². The first kappa shape index (κ1) is 11.6. The van der Waals surface area contributed by atoms with Crippen molar-refractivity contribution in [1.29, 1.82) is 0 Å². The molecule has 0 N–H and O–H groups in total. The second-order valence-electron chi connectivity index (χ2n) is 3.32. The van der Waals surface area contributed by atoms with Crippen LogP contribution in [0.3, 0.4) is 0 Å². The van der Waals surface area contributed by atoms with Crippen LogP contribution in [-0.2, 0) is 25.1 Å². The van der Waals surface area contributed by atoms with Gasteiger partial charge in [-0.2, -0.15) is 0 Å². The molecule has 0 aromatic rings.